The highest BCUT2D eigenvalue weighted by Gasteiger charge is 2.33. The van der Waals surface area contributed by atoms with Crippen LogP contribution in [0.4, 0.5) is 0 Å². The van der Waals surface area contributed by atoms with Crippen molar-refractivity contribution in [2.75, 3.05) is 13.7 Å². The van der Waals surface area contributed by atoms with Crippen LogP contribution in [-0.2, 0) is 16.1 Å². The minimum absolute atomic E-state index is 0.200. The second kappa shape index (κ2) is 12.1. The molecule has 0 amide bonds. The van der Waals surface area contributed by atoms with Gasteiger partial charge in [-0.1, -0.05) is 47.7 Å². The van der Waals surface area contributed by atoms with E-state index in [0.717, 1.165) is 27.6 Å². The number of ether oxygens (including phenoxy) is 2. The summed E-state index contributed by atoms with van der Waals surface area (Å²) in [7, 11) is 1.58. The zero-order chi connectivity index (χ0) is 31.0. The molecule has 0 aliphatic carbocycles. The number of carbonyl (C=O) groups is 1. The Labute approximate surface area is 265 Å². The molecule has 0 radical (unpaired) electrons. The number of carbonyl (C=O) groups excluding carboxylic acids is 1. The second-order valence-corrected chi connectivity index (χ2v) is 12.1. The van der Waals surface area contributed by atoms with Crippen LogP contribution in [0.5, 0.6) is 5.75 Å². The summed E-state index contributed by atoms with van der Waals surface area (Å²) in [6.07, 6.45) is 3.93. The number of rotatable bonds is 7. The van der Waals surface area contributed by atoms with Crippen molar-refractivity contribution in [2.24, 2.45) is 4.99 Å². The minimum Gasteiger partial charge on any atom is -0.496 e. The molecule has 10 heteroatoms. The van der Waals surface area contributed by atoms with E-state index in [1.165, 1.54) is 11.3 Å². The van der Waals surface area contributed by atoms with E-state index in [9.17, 15) is 9.59 Å². The van der Waals surface area contributed by atoms with Crippen molar-refractivity contribution in [1.82, 2.24) is 9.13 Å². The summed E-state index contributed by atoms with van der Waals surface area (Å²) in [4.78, 5) is 32.6. The molecule has 6 rings (SSSR count). The predicted octanol–water partition coefficient (Wildman–Crippen LogP) is 5.44. The van der Waals surface area contributed by atoms with Crippen LogP contribution in [0.2, 0.25) is 0 Å². The number of para-hydroxylation sites is 1. The monoisotopic (exact) mass is 666 g/mol. The minimum atomic E-state index is -0.729. The third kappa shape index (κ3) is 5.29. The van der Waals surface area contributed by atoms with E-state index < -0.39 is 12.0 Å². The van der Waals surface area contributed by atoms with Gasteiger partial charge in [0.15, 0.2) is 4.80 Å². The van der Waals surface area contributed by atoms with Gasteiger partial charge in [0.25, 0.3) is 5.56 Å². The van der Waals surface area contributed by atoms with E-state index in [1.807, 2.05) is 66.9 Å². The summed E-state index contributed by atoms with van der Waals surface area (Å²) in [5.41, 5.74) is 4.90. The van der Waals surface area contributed by atoms with Crippen molar-refractivity contribution in [2.45, 2.75) is 26.4 Å². The fourth-order valence-corrected chi connectivity index (χ4v) is 7.10. The molecular weight excluding hydrogens is 640 g/mol. The Balaban J connectivity index is 1.50. The lowest BCUT2D eigenvalue weighted by atomic mass is 9.96. The van der Waals surface area contributed by atoms with Gasteiger partial charge in [-0.25, -0.2) is 9.79 Å². The van der Waals surface area contributed by atoms with E-state index in [1.54, 1.807) is 31.6 Å². The van der Waals surface area contributed by atoms with E-state index in [4.69, 9.17) is 19.7 Å². The Kier molecular flexibility index (Phi) is 8.08. The molecule has 0 bridgehead atoms. The maximum Gasteiger partial charge on any atom is 0.338 e. The number of thiazole rings is 1. The van der Waals surface area contributed by atoms with Gasteiger partial charge in [0.05, 0.1) is 51.7 Å². The average molecular weight is 668 g/mol. The second-order valence-electron chi connectivity index (χ2n) is 10.2. The van der Waals surface area contributed by atoms with Gasteiger partial charge in [-0.05, 0) is 77.3 Å². The summed E-state index contributed by atoms with van der Waals surface area (Å²) in [5.74, 6) is 0.128. The number of fused-ring (bicyclic) bond motifs is 2. The number of hydrogen-bond donors (Lipinski definition) is 0. The molecule has 0 N–H and O–H groups in total. The summed E-state index contributed by atoms with van der Waals surface area (Å²) in [5, 5.41) is 10.2. The van der Waals surface area contributed by atoms with Gasteiger partial charge in [-0.3, -0.25) is 9.36 Å². The number of methoxy groups -OCH3 is 1. The van der Waals surface area contributed by atoms with Crippen LogP contribution in [0, 0.1) is 11.3 Å². The van der Waals surface area contributed by atoms with Gasteiger partial charge in [-0.15, -0.1) is 0 Å². The number of hydrogen-bond acceptors (Lipinski definition) is 7. The van der Waals surface area contributed by atoms with Crippen molar-refractivity contribution in [3.05, 3.63) is 131 Å². The molecule has 8 nitrogen and oxygen atoms in total. The zero-order valence-corrected chi connectivity index (χ0v) is 26.6. The molecule has 0 saturated heterocycles. The third-order valence-electron chi connectivity index (χ3n) is 7.55. The molecule has 220 valence electrons. The topological polar surface area (TPSA) is 98.6 Å². The van der Waals surface area contributed by atoms with E-state index >= 15 is 0 Å². The summed E-state index contributed by atoms with van der Waals surface area (Å²) in [6.45, 7) is 4.33. The first-order valence-corrected chi connectivity index (χ1v) is 15.5. The number of allylic oxidation sites excluding steroid dienone is 1. The van der Waals surface area contributed by atoms with Gasteiger partial charge in [0.2, 0.25) is 0 Å². The van der Waals surface area contributed by atoms with Crippen LogP contribution in [0.3, 0.4) is 0 Å². The standard InChI is InChI=1S/C34H27BrN4O4S/c1-4-43-33(41)30-20(2)37-34-39(31(30)23-13-14-28(42-3)26(35)15-23)32(40)29(44-34)16-24-19-38(27-8-6-5-7-25(24)27)18-22-11-9-21(17-36)10-12-22/h5-16,19,31H,4,18H2,1-3H3/b29-16-/t31-/m0/s1. The van der Waals surface area contributed by atoms with Crippen molar-refractivity contribution < 1.29 is 14.3 Å². The van der Waals surface area contributed by atoms with Crippen LogP contribution in [0.15, 0.2) is 98.5 Å². The number of nitriles is 1. The van der Waals surface area contributed by atoms with Crippen molar-refractivity contribution in [3.8, 4) is 11.8 Å². The van der Waals surface area contributed by atoms with Gasteiger partial charge < -0.3 is 14.0 Å². The molecular formula is C34H27BrN4O4S. The molecule has 44 heavy (non-hydrogen) atoms. The first kappa shape index (κ1) is 29.4. The smallest absolute Gasteiger partial charge is 0.338 e. The highest BCUT2D eigenvalue weighted by Crippen LogP contribution is 2.35. The number of nitrogens with zero attached hydrogens (tertiary/aromatic N) is 4. The lowest BCUT2D eigenvalue weighted by Crippen LogP contribution is -2.39. The Hall–Kier alpha value is -4.72. The van der Waals surface area contributed by atoms with Crippen molar-refractivity contribution in [1.29, 1.82) is 5.26 Å². The lowest BCUT2D eigenvalue weighted by molar-refractivity contribution is -0.139. The highest BCUT2D eigenvalue weighted by molar-refractivity contribution is 9.10. The quantitative estimate of drug-likeness (QED) is 0.215. The van der Waals surface area contributed by atoms with Gasteiger partial charge in [-0.2, -0.15) is 5.26 Å². The van der Waals surface area contributed by atoms with Crippen LogP contribution < -0.4 is 19.6 Å². The van der Waals surface area contributed by atoms with E-state index in [2.05, 4.69) is 32.6 Å². The molecule has 3 aromatic carbocycles. The fourth-order valence-electron chi connectivity index (χ4n) is 5.50. The fraction of sp³-hybridized carbons (Fsp3) is 0.176. The Bertz CT molecular complexity index is 2190. The SMILES string of the molecule is CCOC(=O)C1=C(C)N=c2s/c(=C\c3cn(Cc4ccc(C#N)cc4)c4ccccc34)c(=O)n2[C@H]1c1ccc(OC)c(Br)c1. The van der Waals surface area contributed by atoms with Crippen LogP contribution in [0.25, 0.3) is 17.0 Å². The normalized spacial score (nSPS) is 14.7. The zero-order valence-electron chi connectivity index (χ0n) is 24.2. The Morgan fingerprint density at radius 2 is 1.93 bits per heavy atom. The van der Waals surface area contributed by atoms with Crippen molar-refractivity contribution in [3.63, 3.8) is 0 Å². The number of esters is 1. The molecule has 1 aliphatic rings. The number of aromatic nitrogens is 2. The number of benzene rings is 3. The van der Waals surface area contributed by atoms with E-state index in [-0.39, 0.29) is 12.2 Å². The molecule has 1 aliphatic heterocycles. The molecule has 0 unspecified atom stereocenters. The van der Waals surface area contributed by atoms with Gasteiger partial charge in [0.1, 0.15) is 5.75 Å². The van der Waals surface area contributed by atoms with Crippen LogP contribution >= 0.6 is 27.3 Å². The molecule has 3 heterocycles. The van der Waals surface area contributed by atoms with E-state index in [0.29, 0.717) is 42.9 Å². The summed E-state index contributed by atoms with van der Waals surface area (Å²) >= 11 is 4.84. The summed E-state index contributed by atoms with van der Waals surface area (Å²) in [6, 6.07) is 22.5. The van der Waals surface area contributed by atoms with Crippen molar-refractivity contribution >= 4 is 50.2 Å². The first-order valence-electron chi connectivity index (χ1n) is 13.9. The average Bonchev–Trinajstić information content (AvgIpc) is 3.52. The third-order valence-corrected chi connectivity index (χ3v) is 9.15. The predicted molar refractivity (Wildman–Crippen MR) is 173 cm³/mol. The number of halogens is 1. The highest BCUT2D eigenvalue weighted by atomic mass is 79.9. The molecule has 0 fully saturated rings. The molecule has 2 aromatic heterocycles. The molecule has 1 atom stereocenters. The molecule has 0 spiro atoms. The molecule has 0 saturated carbocycles. The van der Waals surface area contributed by atoms with Crippen LogP contribution in [-0.4, -0.2) is 28.8 Å². The summed E-state index contributed by atoms with van der Waals surface area (Å²) < 4.78 is 15.8. The van der Waals surface area contributed by atoms with Crippen LogP contribution in [0.1, 0.15) is 42.1 Å². The van der Waals surface area contributed by atoms with Gasteiger partial charge >= 0.3 is 5.97 Å². The molecule has 5 aromatic rings. The maximum atomic E-state index is 14.2. The Morgan fingerprint density at radius 3 is 2.64 bits per heavy atom. The largest absolute Gasteiger partial charge is 0.496 e. The lowest BCUT2D eigenvalue weighted by Gasteiger charge is -2.25. The Morgan fingerprint density at radius 1 is 1.16 bits per heavy atom. The maximum absolute atomic E-state index is 14.2. The van der Waals surface area contributed by atoms with Gasteiger partial charge in [0, 0.05) is 29.2 Å². The first-order chi connectivity index (χ1) is 21.3.